The van der Waals surface area contributed by atoms with Crippen LogP contribution in [0.1, 0.15) is 41.0 Å². The minimum Gasteiger partial charge on any atom is -0.457 e. The Hall–Kier alpha value is -2.86. The fraction of sp³-hybridized carbons (Fsp3) is 0.364. The molecule has 0 unspecified atom stereocenters. The van der Waals surface area contributed by atoms with Gasteiger partial charge in [0.2, 0.25) is 5.91 Å². The molecule has 4 rings (SSSR count). The van der Waals surface area contributed by atoms with Crippen LogP contribution in [-0.4, -0.2) is 30.6 Å². The lowest BCUT2D eigenvalue weighted by molar-refractivity contribution is -0.108. The standard InChI is InChI=1S/C22H24N2O4/c1-22(2)18(17-11-12-27-19(17)22)24-21(26)14-5-9-16(10-6-14)28-15-7-3-13(4-8-15)20(23)25/h3-10,17-19H,11-12H2,1-2H3,(H2,23,25)(H,24,26)/t17-,18-,19+/m1/s1. The summed E-state index contributed by atoms with van der Waals surface area (Å²) in [4.78, 5) is 23.8. The number of amides is 2. The summed E-state index contributed by atoms with van der Waals surface area (Å²) >= 11 is 0. The first-order valence-electron chi connectivity index (χ1n) is 9.46. The van der Waals surface area contributed by atoms with E-state index in [1.54, 1.807) is 48.5 Å². The lowest BCUT2D eigenvalue weighted by Crippen LogP contribution is -2.66. The normalized spacial score (nSPS) is 24.7. The Kier molecular flexibility index (Phi) is 4.59. The maximum Gasteiger partial charge on any atom is 0.251 e. The first-order valence-corrected chi connectivity index (χ1v) is 9.46. The molecule has 28 heavy (non-hydrogen) atoms. The van der Waals surface area contributed by atoms with Crippen LogP contribution in [0.15, 0.2) is 48.5 Å². The summed E-state index contributed by atoms with van der Waals surface area (Å²) in [5.74, 6) is 1.04. The summed E-state index contributed by atoms with van der Waals surface area (Å²) in [5, 5.41) is 3.18. The topological polar surface area (TPSA) is 90.6 Å². The minimum atomic E-state index is -0.480. The average molecular weight is 380 g/mol. The van der Waals surface area contributed by atoms with Gasteiger partial charge >= 0.3 is 0 Å². The van der Waals surface area contributed by atoms with Crippen molar-refractivity contribution in [1.29, 1.82) is 0 Å². The smallest absolute Gasteiger partial charge is 0.251 e. The van der Waals surface area contributed by atoms with Crippen LogP contribution in [0.25, 0.3) is 0 Å². The van der Waals surface area contributed by atoms with Crippen LogP contribution in [-0.2, 0) is 4.74 Å². The number of hydrogen-bond acceptors (Lipinski definition) is 4. The maximum atomic E-state index is 12.7. The molecule has 3 N–H and O–H groups in total. The number of rotatable bonds is 5. The molecule has 2 aromatic rings. The highest BCUT2D eigenvalue weighted by Gasteiger charge is 2.59. The van der Waals surface area contributed by atoms with Crippen molar-refractivity contribution in [3.8, 4) is 11.5 Å². The first kappa shape index (κ1) is 18.5. The second kappa shape index (κ2) is 6.95. The molecule has 1 heterocycles. The SMILES string of the molecule is CC1(C)[C@H](NC(=O)c2ccc(Oc3ccc(C(N)=O)cc3)cc2)[C@H]2CCO[C@@H]21. The number of fused-ring (bicyclic) bond motifs is 1. The van der Waals surface area contributed by atoms with Crippen molar-refractivity contribution >= 4 is 11.8 Å². The number of primary amides is 1. The molecule has 2 amide bonds. The Morgan fingerprint density at radius 1 is 1.04 bits per heavy atom. The Morgan fingerprint density at radius 3 is 2.18 bits per heavy atom. The van der Waals surface area contributed by atoms with Crippen molar-refractivity contribution in [2.45, 2.75) is 32.4 Å². The summed E-state index contributed by atoms with van der Waals surface area (Å²) in [6.07, 6.45) is 1.25. The van der Waals surface area contributed by atoms with Crippen LogP contribution >= 0.6 is 0 Å². The van der Waals surface area contributed by atoms with Crippen LogP contribution in [0.2, 0.25) is 0 Å². The van der Waals surface area contributed by atoms with Gasteiger partial charge in [0.05, 0.1) is 6.10 Å². The molecular weight excluding hydrogens is 356 g/mol. The lowest BCUT2D eigenvalue weighted by Gasteiger charge is -2.54. The molecule has 1 aliphatic heterocycles. The summed E-state index contributed by atoms with van der Waals surface area (Å²) in [6.45, 7) is 5.06. The number of benzene rings is 2. The van der Waals surface area contributed by atoms with Gasteiger partial charge in [0.15, 0.2) is 0 Å². The second-order valence-corrected chi connectivity index (χ2v) is 8.03. The van der Waals surface area contributed by atoms with E-state index in [0.717, 1.165) is 13.0 Å². The van der Waals surface area contributed by atoms with Crippen molar-refractivity contribution in [3.05, 3.63) is 59.7 Å². The zero-order valence-corrected chi connectivity index (χ0v) is 16.0. The number of nitrogens with one attached hydrogen (secondary N) is 1. The van der Waals surface area contributed by atoms with Gasteiger partial charge in [0, 0.05) is 35.1 Å². The molecule has 1 aliphatic carbocycles. The van der Waals surface area contributed by atoms with E-state index >= 15 is 0 Å². The Balaban J connectivity index is 1.39. The lowest BCUT2D eigenvalue weighted by atomic mass is 9.57. The van der Waals surface area contributed by atoms with E-state index in [9.17, 15) is 9.59 Å². The quantitative estimate of drug-likeness (QED) is 0.834. The Morgan fingerprint density at radius 2 is 1.61 bits per heavy atom. The first-order chi connectivity index (χ1) is 13.4. The van der Waals surface area contributed by atoms with Crippen LogP contribution in [0.5, 0.6) is 11.5 Å². The Labute approximate surface area is 164 Å². The van der Waals surface area contributed by atoms with Gasteiger partial charge in [-0.3, -0.25) is 9.59 Å². The fourth-order valence-electron chi connectivity index (χ4n) is 4.34. The summed E-state index contributed by atoms with van der Waals surface area (Å²) in [6, 6.07) is 13.7. The van der Waals surface area contributed by atoms with Crippen molar-refractivity contribution in [2.24, 2.45) is 17.1 Å². The number of hydrogen-bond donors (Lipinski definition) is 2. The molecule has 146 valence electrons. The summed E-state index contributed by atoms with van der Waals surface area (Å²) in [7, 11) is 0. The van der Waals surface area contributed by atoms with Crippen molar-refractivity contribution in [1.82, 2.24) is 5.32 Å². The molecule has 0 radical (unpaired) electrons. The molecule has 6 nitrogen and oxygen atoms in total. The van der Waals surface area contributed by atoms with Crippen LogP contribution < -0.4 is 15.8 Å². The third-order valence-electron chi connectivity index (χ3n) is 5.88. The molecule has 2 aliphatic rings. The molecule has 3 atom stereocenters. The molecule has 1 saturated heterocycles. The van der Waals surface area contributed by atoms with Gasteiger partial charge in [-0.05, 0) is 55.0 Å². The van der Waals surface area contributed by atoms with E-state index in [0.29, 0.717) is 28.5 Å². The van der Waals surface area contributed by atoms with E-state index < -0.39 is 5.91 Å². The van der Waals surface area contributed by atoms with E-state index in [-0.39, 0.29) is 23.5 Å². The molecule has 6 heteroatoms. The van der Waals surface area contributed by atoms with Gasteiger partial charge in [-0.15, -0.1) is 0 Å². The van der Waals surface area contributed by atoms with Crippen molar-refractivity contribution < 1.29 is 19.1 Å². The zero-order valence-electron chi connectivity index (χ0n) is 16.0. The highest BCUT2D eigenvalue weighted by molar-refractivity contribution is 5.94. The Bertz CT molecular complexity index is 890. The van der Waals surface area contributed by atoms with Gasteiger partial charge in [0.1, 0.15) is 11.5 Å². The highest BCUT2D eigenvalue weighted by atomic mass is 16.5. The third kappa shape index (κ3) is 3.24. The maximum absolute atomic E-state index is 12.7. The molecule has 2 fully saturated rings. The monoisotopic (exact) mass is 380 g/mol. The molecule has 1 saturated carbocycles. The molecule has 0 bridgehead atoms. The van der Waals surface area contributed by atoms with Gasteiger partial charge in [-0.1, -0.05) is 13.8 Å². The number of carbonyl (C=O) groups is 2. The number of carbonyl (C=O) groups excluding carboxylic acids is 2. The van der Waals surface area contributed by atoms with E-state index in [2.05, 4.69) is 19.2 Å². The molecule has 2 aromatic carbocycles. The van der Waals surface area contributed by atoms with Gasteiger partial charge in [0.25, 0.3) is 5.91 Å². The highest BCUT2D eigenvalue weighted by Crippen LogP contribution is 2.52. The molecule has 0 aromatic heterocycles. The predicted molar refractivity (Wildman–Crippen MR) is 104 cm³/mol. The summed E-state index contributed by atoms with van der Waals surface area (Å²) < 4.78 is 11.5. The third-order valence-corrected chi connectivity index (χ3v) is 5.88. The number of ether oxygens (including phenoxy) is 2. The van der Waals surface area contributed by atoms with E-state index in [4.69, 9.17) is 15.2 Å². The van der Waals surface area contributed by atoms with Gasteiger partial charge in [-0.2, -0.15) is 0 Å². The van der Waals surface area contributed by atoms with Crippen molar-refractivity contribution in [3.63, 3.8) is 0 Å². The fourth-order valence-corrected chi connectivity index (χ4v) is 4.34. The zero-order chi connectivity index (χ0) is 19.9. The van der Waals surface area contributed by atoms with E-state index in [1.807, 2.05) is 0 Å². The average Bonchev–Trinajstić information content (AvgIpc) is 3.14. The van der Waals surface area contributed by atoms with Crippen LogP contribution in [0.4, 0.5) is 0 Å². The second-order valence-electron chi connectivity index (χ2n) is 8.03. The van der Waals surface area contributed by atoms with Crippen LogP contribution in [0, 0.1) is 11.3 Å². The van der Waals surface area contributed by atoms with Gasteiger partial charge in [-0.25, -0.2) is 0 Å². The number of nitrogens with two attached hydrogens (primary N) is 1. The van der Waals surface area contributed by atoms with Gasteiger partial charge < -0.3 is 20.5 Å². The molecular formula is C22H24N2O4. The van der Waals surface area contributed by atoms with Crippen LogP contribution in [0.3, 0.4) is 0 Å². The van der Waals surface area contributed by atoms with Crippen molar-refractivity contribution in [2.75, 3.05) is 6.61 Å². The van der Waals surface area contributed by atoms with E-state index in [1.165, 1.54) is 0 Å². The predicted octanol–water partition coefficient (Wildman–Crippen LogP) is 3.12. The minimum absolute atomic E-state index is 0.0447. The molecule has 0 spiro atoms. The largest absolute Gasteiger partial charge is 0.457 e. The summed E-state index contributed by atoms with van der Waals surface area (Å²) in [5.41, 5.74) is 6.20.